The zero-order chi connectivity index (χ0) is 17.4. The molecule has 1 aliphatic rings. The molecule has 0 atom stereocenters. The highest BCUT2D eigenvalue weighted by atomic mass is 35.5. The number of halogens is 1. The van der Waals surface area contributed by atoms with Crippen LogP contribution in [-0.2, 0) is 14.3 Å². The third-order valence-electron chi connectivity index (χ3n) is 4.45. The van der Waals surface area contributed by atoms with Crippen LogP contribution < -0.4 is 10.1 Å². The minimum absolute atomic E-state index is 0.101. The van der Waals surface area contributed by atoms with Crippen LogP contribution in [0.3, 0.4) is 0 Å². The van der Waals surface area contributed by atoms with Crippen LogP contribution in [0.25, 0.3) is 0 Å². The van der Waals surface area contributed by atoms with E-state index in [9.17, 15) is 4.79 Å². The summed E-state index contributed by atoms with van der Waals surface area (Å²) in [7, 11) is 3.23. The maximum absolute atomic E-state index is 12.8. The van der Waals surface area contributed by atoms with Gasteiger partial charge in [0.05, 0.1) is 11.6 Å². The average Bonchev–Trinajstić information content (AvgIpc) is 2.83. The molecule has 0 bridgehead atoms. The number of hydrogen-bond donors (Lipinski definition) is 1. The minimum atomic E-state index is -0.739. The van der Waals surface area contributed by atoms with E-state index in [0.29, 0.717) is 29.7 Å². The lowest BCUT2D eigenvalue weighted by molar-refractivity contribution is -0.139. The number of carbonyl (C=O) groups is 1. The van der Waals surface area contributed by atoms with E-state index in [1.54, 1.807) is 32.4 Å². The number of carbonyl (C=O) groups excluding carboxylic acids is 1. The van der Waals surface area contributed by atoms with Crippen molar-refractivity contribution < 1.29 is 19.0 Å². The first-order chi connectivity index (χ1) is 11.6. The van der Waals surface area contributed by atoms with Crippen LogP contribution in [0.2, 0.25) is 5.02 Å². The van der Waals surface area contributed by atoms with Crippen molar-refractivity contribution in [2.45, 2.75) is 44.1 Å². The van der Waals surface area contributed by atoms with Gasteiger partial charge >= 0.3 is 0 Å². The van der Waals surface area contributed by atoms with Crippen LogP contribution in [0.15, 0.2) is 18.2 Å². The van der Waals surface area contributed by atoms with E-state index >= 15 is 0 Å². The van der Waals surface area contributed by atoms with Gasteiger partial charge in [-0.25, -0.2) is 0 Å². The lowest BCUT2D eigenvalue weighted by Crippen LogP contribution is -2.44. The van der Waals surface area contributed by atoms with Gasteiger partial charge in [0.15, 0.2) is 0 Å². The molecule has 5 nitrogen and oxygen atoms in total. The molecule has 1 aliphatic carbocycles. The van der Waals surface area contributed by atoms with E-state index in [1.807, 2.05) is 0 Å². The van der Waals surface area contributed by atoms with Gasteiger partial charge in [-0.3, -0.25) is 4.79 Å². The van der Waals surface area contributed by atoms with Gasteiger partial charge in [-0.2, -0.15) is 0 Å². The molecular formula is C18H26ClNO4. The zero-order valence-corrected chi connectivity index (χ0v) is 15.2. The van der Waals surface area contributed by atoms with Crippen LogP contribution in [0.1, 0.15) is 38.5 Å². The fourth-order valence-electron chi connectivity index (χ4n) is 3.00. The highest BCUT2D eigenvalue weighted by molar-refractivity contribution is 6.32. The number of ether oxygens (including phenoxy) is 3. The van der Waals surface area contributed by atoms with E-state index < -0.39 is 5.60 Å². The molecule has 1 fully saturated rings. The molecule has 0 aromatic heterocycles. The van der Waals surface area contributed by atoms with Crippen LogP contribution in [0.4, 0.5) is 5.69 Å². The summed E-state index contributed by atoms with van der Waals surface area (Å²) in [5, 5.41) is 3.39. The standard InChI is InChI=1S/C18H26ClNO4/c1-22-11-12-24-16-8-7-14(13-15(16)19)20-17(21)18(23-2)9-5-3-4-6-10-18/h7-8,13H,3-6,9-12H2,1-2H3,(H,20,21). The maximum Gasteiger partial charge on any atom is 0.256 e. The molecule has 0 aliphatic heterocycles. The van der Waals surface area contributed by atoms with Crippen LogP contribution in [-0.4, -0.2) is 38.9 Å². The van der Waals surface area contributed by atoms with Crippen molar-refractivity contribution in [1.29, 1.82) is 0 Å². The summed E-state index contributed by atoms with van der Waals surface area (Å²) in [6.07, 6.45) is 5.82. The van der Waals surface area contributed by atoms with E-state index in [1.165, 1.54) is 0 Å². The molecule has 0 unspecified atom stereocenters. The Kier molecular flexibility index (Phi) is 7.34. The number of amides is 1. The zero-order valence-electron chi connectivity index (χ0n) is 14.4. The summed E-state index contributed by atoms with van der Waals surface area (Å²) in [6.45, 7) is 0.917. The van der Waals surface area contributed by atoms with E-state index in [2.05, 4.69) is 5.32 Å². The van der Waals surface area contributed by atoms with Gasteiger partial charge in [0, 0.05) is 19.9 Å². The van der Waals surface area contributed by atoms with Crippen molar-refractivity contribution in [2.75, 3.05) is 32.8 Å². The Morgan fingerprint density at radius 3 is 2.46 bits per heavy atom. The molecule has 1 N–H and O–H groups in total. The number of rotatable bonds is 7. The maximum atomic E-state index is 12.8. The van der Waals surface area contributed by atoms with E-state index in [0.717, 1.165) is 38.5 Å². The van der Waals surface area contributed by atoms with E-state index in [-0.39, 0.29) is 5.91 Å². The number of hydrogen-bond acceptors (Lipinski definition) is 4. The molecule has 1 amide bonds. The van der Waals surface area contributed by atoms with Gasteiger partial charge in [-0.1, -0.05) is 37.3 Å². The molecular weight excluding hydrogens is 330 g/mol. The largest absolute Gasteiger partial charge is 0.490 e. The summed E-state index contributed by atoms with van der Waals surface area (Å²) in [5.74, 6) is 0.471. The Morgan fingerprint density at radius 1 is 1.17 bits per heavy atom. The van der Waals surface area contributed by atoms with Gasteiger partial charge in [0.25, 0.3) is 5.91 Å². The third kappa shape index (κ3) is 4.85. The quantitative estimate of drug-likeness (QED) is 0.592. The van der Waals surface area contributed by atoms with Crippen LogP contribution >= 0.6 is 11.6 Å². The van der Waals surface area contributed by atoms with Gasteiger partial charge in [-0.05, 0) is 31.0 Å². The second kappa shape index (κ2) is 9.25. The fraction of sp³-hybridized carbons (Fsp3) is 0.611. The van der Waals surface area contributed by atoms with Crippen LogP contribution in [0, 0.1) is 0 Å². The second-order valence-corrected chi connectivity index (χ2v) is 6.46. The predicted octanol–water partition coefficient (Wildman–Crippen LogP) is 4.04. The Balaban J connectivity index is 2.03. The van der Waals surface area contributed by atoms with Crippen molar-refractivity contribution in [3.63, 3.8) is 0 Å². The lowest BCUT2D eigenvalue weighted by atomic mass is 9.93. The molecule has 0 heterocycles. The highest BCUT2D eigenvalue weighted by Crippen LogP contribution is 2.33. The summed E-state index contributed by atoms with van der Waals surface area (Å²) in [4.78, 5) is 12.8. The number of methoxy groups -OCH3 is 2. The van der Waals surface area contributed by atoms with Gasteiger partial charge in [0.2, 0.25) is 0 Å². The molecule has 0 saturated heterocycles. The van der Waals surface area contributed by atoms with Crippen molar-refractivity contribution in [2.24, 2.45) is 0 Å². The first kappa shape index (κ1) is 19.0. The normalized spacial score (nSPS) is 17.1. The molecule has 6 heteroatoms. The van der Waals surface area contributed by atoms with Gasteiger partial charge < -0.3 is 19.5 Å². The van der Waals surface area contributed by atoms with Gasteiger partial charge in [-0.15, -0.1) is 0 Å². The molecule has 134 valence electrons. The Bertz CT molecular complexity index is 542. The summed E-state index contributed by atoms with van der Waals surface area (Å²) in [5.41, 5.74) is -0.0962. The molecule has 24 heavy (non-hydrogen) atoms. The first-order valence-corrected chi connectivity index (χ1v) is 8.77. The van der Waals surface area contributed by atoms with Gasteiger partial charge in [0.1, 0.15) is 18.0 Å². The van der Waals surface area contributed by atoms with E-state index in [4.69, 9.17) is 25.8 Å². The van der Waals surface area contributed by atoms with Crippen molar-refractivity contribution in [3.8, 4) is 5.75 Å². The molecule has 1 saturated carbocycles. The number of anilines is 1. The fourth-order valence-corrected chi connectivity index (χ4v) is 3.23. The smallest absolute Gasteiger partial charge is 0.256 e. The third-order valence-corrected chi connectivity index (χ3v) is 4.75. The van der Waals surface area contributed by atoms with Crippen LogP contribution in [0.5, 0.6) is 5.75 Å². The summed E-state index contributed by atoms with van der Waals surface area (Å²) >= 11 is 6.22. The Morgan fingerprint density at radius 2 is 1.88 bits per heavy atom. The summed E-state index contributed by atoms with van der Waals surface area (Å²) < 4.78 is 16.1. The number of nitrogens with one attached hydrogen (secondary N) is 1. The van der Waals surface area contributed by atoms with Crippen molar-refractivity contribution in [3.05, 3.63) is 23.2 Å². The Labute approximate surface area is 148 Å². The Hall–Kier alpha value is -1.30. The topological polar surface area (TPSA) is 56.8 Å². The molecule has 1 aromatic rings. The monoisotopic (exact) mass is 355 g/mol. The van der Waals surface area contributed by atoms with Crippen molar-refractivity contribution in [1.82, 2.24) is 0 Å². The molecule has 2 rings (SSSR count). The average molecular weight is 356 g/mol. The highest BCUT2D eigenvalue weighted by Gasteiger charge is 2.38. The SMILES string of the molecule is COCCOc1ccc(NC(=O)C2(OC)CCCCCC2)cc1Cl. The first-order valence-electron chi connectivity index (χ1n) is 8.39. The molecule has 0 spiro atoms. The lowest BCUT2D eigenvalue weighted by Gasteiger charge is -2.29. The predicted molar refractivity (Wildman–Crippen MR) is 94.9 cm³/mol. The molecule has 0 radical (unpaired) electrons. The molecule has 1 aromatic carbocycles. The summed E-state index contributed by atoms with van der Waals surface area (Å²) in [6, 6.07) is 5.23. The second-order valence-electron chi connectivity index (χ2n) is 6.05. The minimum Gasteiger partial charge on any atom is -0.490 e. The van der Waals surface area contributed by atoms with Crippen molar-refractivity contribution >= 4 is 23.2 Å². The number of benzene rings is 1.